The van der Waals surface area contributed by atoms with Crippen molar-refractivity contribution in [2.75, 3.05) is 25.0 Å². The Morgan fingerprint density at radius 2 is 1.95 bits per heavy atom. The highest BCUT2D eigenvalue weighted by atomic mass is 16.2. The summed E-state index contributed by atoms with van der Waals surface area (Å²) in [5.74, 6) is 0. The summed E-state index contributed by atoms with van der Waals surface area (Å²) in [6, 6.07) is 8.20. The van der Waals surface area contributed by atoms with Crippen molar-refractivity contribution >= 4 is 11.7 Å². The first-order valence-electron chi connectivity index (χ1n) is 6.74. The number of nitrogens with one attached hydrogen (secondary N) is 1. The summed E-state index contributed by atoms with van der Waals surface area (Å²) in [5.41, 5.74) is 2.33. The highest BCUT2D eigenvalue weighted by Crippen LogP contribution is 2.27. The van der Waals surface area contributed by atoms with Gasteiger partial charge < -0.3 is 10.2 Å². The second kappa shape index (κ2) is 5.21. The summed E-state index contributed by atoms with van der Waals surface area (Å²) in [7, 11) is 1.85. The molecule has 0 atom stereocenters. The minimum Gasteiger partial charge on any atom is -0.323 e. The van der Waals surface area contributed by atoms with Crippen molar-refractivity contribution in [3.63, 3.8) is 0 Å². The van der Waals surface area contributed by atoms with E-state index in [4.69, 9.17) is 0 Å². The van der Waals surface area contributed by atoms with Gasteiger partial charge in [-0.3, -0.25) is 4.90 Å². The summed E-state index contributed by atoms with van der Waals surface area (Å²) < 4.78 is 0. The van der Waals surface area contributed by atoms with Crippen LogP contribution < -0.4 is 10.2 Å². The summed E-state index contributed by atoms with van der Waals surface area (Å²) in [5, 5.41) is 3.42. The highest BCUT2D eigenvalue weighted by molar-refractivity contribution is 5.94. The Hall–Kier alpha value is -1.55. The molecule has 1 aliphatic rings. The van der Waals surface area contributed by atoms with Gasteiger partial charge in [-0.25, -0.2) is 4.79 Å². The first-order chi connectivity index (χ1) is 8.88. The fourth-order valence-corrected chi connectivity index (χ4v) is 2.30. The van der Waals surface area contributed by atoms with Gasteiger partial charge in [-0.15, -0.1) is 0 Å². The normalized spacial score (nSPS) is 15.7. The molecule has 19 heavy (non-hydrogen) atoms. The van der Waals surface area contributed by atoms with E-state index in [2.05, 4.69) is 32.2 Å². The molecule has 0 unspecified atom stereocenters. The number of benzene rings is 1. The summed E-state index contributed by atoms with van der Waals surface area (Å²) in [6.45, 7) is 8.56. The number of hydrogen-bond donors (Lipinski definition) is 1. The molecule has 0 fully saturated rings. The largest absolute Gasteiger partial charge is 0.324 e. The first kappa shape index (κ1) is 13.9. The second-order valence-corrected chi connectivity index (χ2v) is 6.10. The van der Waals surface area contributed by atoms with Gasteiger partial charge in [0.15, 0.2) is 0 Å². The Morgan fingerprint density at radius 1 is 1.26 bits per heavy atom. The molecule has 0 aromatic heterocycles. The van der Waals surface area contributed by atoms with E-state index in [0.29, 0.717) is 13.1 Å². The molecule has 104 valence electrons. The molecule has 4 nitrogen and oxygen atoms in total. The van der Waals surface area contributed by atoms with Crippen molar-refractivity contribution in [3.8, 4) is 0 Å². The van der Waals surface area contributed by atoms with Gasteiger partial charge >= 0.3 is 6.03 Å². The molecule has 0 aliphatic carbocycles. The van der Waals surface area contributed by atoms with Crippen molar-refractivity contribution in [1.29, 1.82) is 0 Å². The van der Waals surface area contributed by atoms with Crippen LogP contribution in [0.5, 0.6) is 0 Å². The van der Waals surface area contributed by atoms with Crippen LogP contribution in [0.3, 0.4) is 0 Å². The lowest BCUT2D eigenvalue weighted by Crippen LogP contribution is -2.49. The Kier molecular flexibility index (Phi) is 3.80. The fraction of sp³-hybridized carbons (Fsp3) is 0.533. The molecule has 0 saturated heterocycles. The van der Waals surface area contributed by atoms with E-state index in [1.165, 1.54) is 5.56 Å². The number of fused-ring (bicyclic) bond motifs is 1. The average Bonchev–Trinajstić information content (AvgIpc) is 2.32. The van der Waals surface area contributed by atoms with Crippen molar-refractivity contribution < 1.29 is 4.79 Å². The van der Waals surface area contributed by atoms with Gasteiger partial charge in [0.05, 0.1) is 5.69 Å². The maximum atomic E-state index is 12.3. The van der Waals surface area contributed by atoms with Crippen LogP contribution >= 0.6 is 0 Å². The lowest BCUT2D eigenvalue weighted by Gasteiger charge is -2.35. The smallest absolute Gasteiger partial charge is 0.323 e. The van der Waals surface area contributed by atoms with Gasteiger partial charge in [0.2, 0.25) is 0 Å². The monoisotopic (exact) mass is 261 g/mol. The van der Waals surface area contributed by atoms with Crippen LogP contribution in [0.1, 0.15) is 26.3 Å². The molecule has 1 aromatic carbocycles. The lowest BCUT2D eigenvalue weighted by molar-refractivity contribution is 0.210. The lowest BCUT2D eigenvalue weighted by atomic mass is 10.1. The Balaban J connectivity index is 2.12. The van der Waals surface area contributed by atoms with Crippen molar-refractivity contribution in [1.82, 2.24) is 10.2 Å². The summed E-state index contributed by atoms with van der Waals surface area (Å²) >= 11 is 0. The number of rotatable bonds is 3. The Bertz CT molecular complexity index is 465. The van der Waals surface area contributed by atoms with E-state index < -0.39 is 0 Å². The van der Waals surface area contributed by atoms with E-state index >= 15 is 0 Å². The Labute approximate surface area is 115 Å². The quantitative estimate of drug-likeness (QED) is 0.907. The molecule has 1 aliphatic heterocycles. The maximum Gasteiger partial charge on any atom is 0.324 e. The van der Waals surface area contributed by atoms with E-state index in [-0.39, 0.29) is 11.6 Å². The molecule has 0 bridgehead atoms. The third-order valence-electron chi connectivity index (χ3n) is 3.24. The number of anilines is 1. The van der Waals surface area contributed by atoms with Gasteiger partial charge in [0, 0.05) is 32.2 Å². The first-order valence-corrected chi connectivity index (χ1v) is 6.74. The highest BCUT2D eigenvalue weighted by Gasteiger charge is 2.27. The van der Waals surface area contributed by atoms with E-state index in [9.17, 15) is 4.79 Å². The van der Waals surface area contributed by atoms with Gasteiger partial charge in [-0.1, -0.05) is 18.2 Å². The molecule has 1 heterocycles. The van der Waals surface area contributed by atoms with Crippen LogP contribution in [0.4, 0.5) is 10.5 Å². The Morgan fingerprint density at radius 3 is 2.63 bits per heavy atom. The maximum absolute atomic E-state index is 12.3. The second-order valence-electron chi connectivity index (χ2n) is 6.10. The zero-order chi connectivity index (χ0) is 14.0. The fourth-order valence-electron chi connectivity index (χ4n) is 2.30. The van der Waals surface area contributed by atoms with Crippen LogP contribution in [-0.2, 0) is 6.54 Å². The van der Waals surface area contributed by atoms with Crippen LogP contribution in [0, 0.1) is 0 Å². The SMILES string of the molecule is CN1Cc2ccccc2N(CCNC(C)(C)C)C1=O. The topological polar surface area (TPSA) is 35.6 Å². The average molecular weight is 261 g/mol. The molecule has 0 spiro atoms. The predicted octanol–water partition coefficient (Wildman–Crippen LogP) is 2.45. The third kappa shape index (κ3) is 3.26. The van der Waals surface area contributed by atoms with Crippen LogP contribution in [0.2, 0.25) is 0 Å². The summed E-state index contributed by atoms with van der Waals surface area (Å²) in [4.78, 5) is 15.9. The van der Waals surface area contributed by atoms with E-state index in [1.54, 1.807) is 4.90 Å². The molecule has 0 saturated carbocycles. The number of nitrogens with zero attached hydrogens (tertiary/aromatic N) is 2. The summed E-state index contributed by atoms with van der Waals surface area (Å²) in [6.07, 6.45) is 0. The van der Waals surface area contributed by atoms with Gasteiger partial charge in [-0.05, 0) is 32.4 Å². The molecular formula is C15H23N3O. The number of carbonyl (C=O) groups is 1. The standard InChI is InChI=1S/C15H23N3O/c1-15(2,3)16-9-10-18-13-8-6-5-7-12(13)11-17(4)14(18)19/h5-8,16H,9-11H2,1-4H3. The van der Waals surface area contributed by atoms with Crippen LogP contribution in [0.15, 0.2) is 24.3 Å². The minimum absolute atomic E-state index is 0.0737. The number of hydrogen-bond acceptors (Lipinski definition) is 2. The van der Waals surface area contributed by atoms with Gasteiger partial charge in [0.1, 0.15) is 0 Å². The number of para-hydroxylation sites is 1. The minimum atomic E-state index is 0.0737. The van der Waals surface area contributed by atoms with Crippen molar-refractivity contribution in [2.45, 2.75) is 32.9 Å². The van der Waals surface area contributed by atoms with E-state index in [0.717, 1.165) is 12.2 Å². The predicted molar refractivity (Wildman–Crippen MR) is 78.4 cm³/mol. The van der Waals surface area contributed by atoms with Crippen molar-refractivity contribution in [2.24, 2.45) is 0 Å². The zero-order valence-electron chi connectivity index (χ0n) is 12.2. The van der Waals surface area contributed by atoms with Crippen LogP contribution in [-0.4, -0.2) is 36.6 Å². The molecule has 1 N–H and O–H groups in total. The molecule has 1 aromatic rings. The van der Waals surface area contributed by atoms with Gasteiger partial charge in [0.25, 0.3) is 0 Å². The number of amides is 2. The molecule has 0 radical (unpaired) electrons. The van der Waals surface area contributed by atoms with Gasteiger partial charge in [-0.2, -0.15) is 0 Å². The van der Waals surface area contributed by atoms with E-state index in [1.807, 2.05) is 30.1 Å². The van der Waals surface area contributed by atoms with Crippen molar-refractivity contribution in [3.05, 3.63) is 29.8 Å². The molecule has 4 heteroatoms. The van der Waals surface area contributed by atoms with Crippen LogP contribution in [0.25, 0.3) is 0 Å². The number of carbonyl (C=O) groups excluding carboxylic acids is 1. The molecule has 2 rings (SSSR count). The molecular weight excluding hydrogens is 238 g/mol. The number of urea groups is 1. The molecule has 2 amide bonds. The third-order valence-corrected chi connectivity index (χ3v) is 3.24. The zero-order valence-corrected chi connectivity index (χ0v) is 12.2.